The molecule has 2 unspecified atom stereocenters. The number of hydrogen-bond donors (Lipinski definition) is 1. The number of anilines is 1. The number of rotatable bonds is 5. The standard InChI is InChI=1S/C22H28FN3O2.H2/c1-15-8-9-19(11-20(15)17-10-18(23)13-24-12-17)25-22(27)26(2)21-7-5-4-6-16(21)14-28-3;/h8-13,16,21H,4-7,14H2,1-3H3,(H,25,27);1H. The summed E-state index contributed by atoms with van der Waals surface area (Å²) in [6.45, 7) is 2.62. The topological polar surface area (TPSA) is 54.5 Å². The van der Waals surface area contributed by atoms with Crippen molar-refractivity contribution in [3.63, 3.8) is 0 Å². The van der Waals surface area contributed by atoms with Crippen LogP contribution in [0, 0.1) is 18.7 Å². The van der Waals surface area contributed by atoms with Crippen LogP contribution >= 0.6 is 0 Å². The molecular weight excluding hydrogens is 357 g/mol. The van der Waals surface area contributed by atoms with Crippen molar-refractivity contribution in [1.82, 2.24) is 9.88 Å². The van der Waals surface area contributed by atoms with E-state index in [1.807, 2.05) is 32.2 Å². The predicted molar refractivity (Wildman–Crippen MR) is 111 cm³/mol. The summed E-state index contributed by atoms with van der Waals surface area (Å²) >= 11 is 0. The molecule has 28 heavy (non-hydrogen) atoms. The maximum atomic E-state index is 13.6. The molecule has 2 amide bonds. The minimum Gasteiger partial charge on any atom is -0.384 e. The highest BCUT2D eigenvalue weighted by Gasteiger charge is 2.30. The van der Waals surface area contributed by atoms with Crippen molar-refractivity contribution < 1.29 is 15.3 Å². The van der Waals surface area contributed by atoms with Gasteiger partial charge in [0.1, 0.15) is 5.82 Å². The van der Waals surface area contributed by atoms with Crippen LogP contribution in [0.2, 0.25) is 0 Å². The molecule has 1 heterocycles. The second-order valence-electron chi connectivity index (χ2n) is 7.53. The molecule has 2 atom stereocenters. The third kappa shape index (κ3) is 4.68. The molecule has 3 rings (SSSR count). The minimum absolute atomic E-state index is 0. The molecule has 5 nitrogen and oxygen atoms in total. The molecule has 0 spiro atoms. The van der Waals surface area contributed by atoms with Gasteiger partial charge in [-0.05, 0) is 49.1 Å². The Morgan fingerprint density at radius 1 is 1.32 bits per heavy atom. The molecule has 1 fully saturated rings. The van der Waals surface area contributed by atoms with Gasteiger partial charge < -0.3 is 15.0 Å². The number of halogens is 1. The quantitative estimate of drug-likeness (QED) is 0.775. The van der Waals surface area contributed by atoms with Crippen molar-refractivity contribution >= 4 is 11.7 Å². The summed E-state index contributed by atoms with van der Waals surface area (Å²) in [5, 5.41) is 2.99. The summed E-state index contributed by atoms with van der Waals surface area (Å²) in [4.78, 5) is 18.6. The highest BCUT2D eigenvalue weighted by atomic mass is 19.1. The van der Waals surface area contributed by atoms with Gasteiger partial charge in [-0.3, -0.25) is 4.98 Å². The van der Waals surface area contributed by atoms with E-state index in [0.29, 0.717) is 23.8 Å². The summed E-state index contributed by atoms with van der Waals surface area (Å²) in [7, 11) is 3.56. The second-order valence-corrected chi connectivity index (χ2v) is 7.53. The molecule has 0 aliphatic heterocycles. The number of aryl methyl sites for hydroxylation is 1. The maximum Gasteiger partial charge on any atom is 0.321 e. The van der Waals surface area contributed by atoms with E-state index in [1.165, 1.54) is 18.7 Å². The van der Waals surface area contributed by atoms with Crippen molar-refractivity contribution in [2.45, 2.75) is 38.6 Å². The number of ether oxygens (including phenoxy) is 1. The van der Waals surface area contributed by atoms with E-state index in [4.69, 9.17) is 4.74 Å². The molecule has 0 saturated heterocycles. The molecular formula is C22H30FN3O2. The van der Waals surface area contributed by atoms with Crippen LogP contribution in [0.5, 0.6) is 0 Å². The summed E-state index contributed by atoms with van der Waals surface area (Å²) in [5.74, 6) is -0.0194. The van der Waals surface area contributed by atoms with E-state index < -0.39 is 0 Å². The van der Waals surface area contributed by atoms with Crippen LogP contribution < -0.4 is 5.32 Å². The van der Waals surface area contributed by atoms with Gasteiger partial charge in [-0.25, -0.2) is 9.18 Å². The van der Waals surface area contributed by atoms with Crippen molar-refractivity contribution in [2.75, 3.05) is 26.1 Å². The maximum absolute atomic E-state index is 13.6. The van der Waals surface area contributed by atoms with Gasteiger partial charge in [0.25, 0.3) is 0 Å². The van der Waals surface area contributed by atoms with Crippen LogP contribution in [0.1, 0.15) is 32.7 Å². The first-order valence-electron chi connectivity index (χ1n) is 9.74. The molecule has 1 aliphatic carbocycles. The second kappa shape index (κ2) is 9.15. The number of pyridine rings is 1. The number of nitrogens with zero attached hydrogens (tertiary/aromatic N) is 2. The number of nitrogens with one attached hydrogen (secondary N) is 1. The Labute approximate surface area is 167 Å². The van der Waals surface area contributed by atoms with Crippen molar-refractivity contribution in [3.8, 4) is 11.1 Å². The summed E-state index contributed by atoms with van der Waals surface area (Å²) < 4.78 is 18.9. The van der Waals surface area contributed by atoms with E-state index in [9.17, 15) is 9.18 Å². The lowest BCUT2D eigenvalue weighted by atomic mass is 9.84. The first kappa shape index (κ1) is 20.3. The average Bonchev–Trinajstić information content (AvgIpc) is 2.69. The summed E-state index contributed by atoms with van der Waals surface area (Å²) in [5.41, 5.74) is 3.21. The summed E-state index contributed by atoms with van der Waals surface area (Å²) in [6.07, 6.45) is 7.19. The number of aromatic nitrogens is 1. The Morgan fingerprint density at radius 3 is 2.86 bits per heavy atom. The molecule has 1 aliphatic rings. The first-order valence-corrected chi connectivity index (χ1v) is 9.74. The highest BCUT2D eigenvalue weighted by molar-refractivity contribution is 5.90. The van der Waals surface area contributed by atoms with Gasteiger partial charge in [-0.15, -0.1) is 0 Å². The Bertz CT molecular complexity index is 831. The van der Waals surface area contributed by atoms with Crippen molar-refractivity contribution in [2.24, 2.45) is 5.92 Å². The highest BCUT2D eigenvalue weighted by Crippen LogP contribution is 2.30. The SMILES string of the molecule is COCC1CCCCC1N(C)C(=O)Nc1ccc(C)c(-c2cncc(F)c2)c1.[HH]. The third-order valence-electron chi connectivity index (χ3n) is 5.57. The zero-order valence-electron chi connectivity index (χ0n) is 16.7. The van der Waals surface area contributed by atoms with Crippen LogP contribution in [0.4, 0.5) is 14.9 Å². The molecule has 1 aromatic heterocycles. The summed E-state index contributed by atoms with van der Waals surface area (Å²) in [6, 6.07) is 7.14. The first-order chi connectivity index (χ1) is 13.5. The number of carbonyl (C=O) groups is 1. The van der Waals surface area contributed by atoms with E-state index in [2.05, 4.69) is 10.3 Å². The number of benzene rings is 1. The fourth-order valence-electron chi connectivity index (χ4n) is 4.04. The van der Waals surface area contributed by atoms with Crippen LogP contribution in [0.3, 0.4) is 0 Å². The van der Waals surface area contributed by atoms with Gasteiger partial charge in [0, 0.05) is 45.0 Å². The Hall–Kier alpha value is -2.47. The number of amides is 2. The molecule has 2 aromatic rings. The van der Waals surface area contributed by atoms with Crippen LogP contribution in [0.15, 0.2) is 36.7 Å². The average molecular weight is 387 g/mol. The van der Waals surface area contributed by atoms with Gasteiger partial charge in [0.2, 0.25) is 0 Å². The Kier molecular flexibility index (Phi) is 6.62. The van der Waals surface area contributed by atoms with Crippen molar-refractivity contribution in [1.29, 1.82) is 0 Å². The van der Waals surface area contributed by atoms with Gasteiger partial charge >= 0.3 is 6.03 Å². The number of carbonyl (C=O) groups excluding carboxylic acids is 1. The lowest BCUT2D eigenvalue weighted by Crippen LogP contribution is -2.46. The molecule has 1 aromatic carbocycles. The van der Waals surface area contributed by atoms with E-state index in [1.54, 1.807) is 18.2 Å². The third-order valence-corrected chi connectivity index (χ3v) is 5.57. The predicted octanol–water partition coefficient (Wildman–Crippen LogP) is 5.11. The molecule has 152 valence electrons. The molecule has 1 N–H and O–H groups in total. The zero-order valence-corrected chi connectivity index (χ0v) is 16.7. The lowest BCUT2D eigenvalue weighted by molar-refractivity contribution is 0.0746. The molecule has 0 radical (unpaired) electrons. The molecule has 1 saturated carbocycles. The van der Waals surface area contributed by atoms with Crippen LogP contribution in [-0.4, -0.2) is 42.7 Å². The van der Waals surface area contributed by atoms with E-state index >= 15 is 0 Å². The fourth-order valence-corrected chi connectivity index (χ4v) is 4.04. The van der Waals surface area contributed by atoms with Crippen LogP contribution in [0.25, 0.3) is 11.1 Å². The largest absolute Gasteiger partial charge is 0.384 e. The Balaban J connectivity index is 0.00000300. The van der Waals surface area contributed by atoms with Gasteiger partial charge in [0.15, 0.2) is 0 Å². The van der Waals surface area contributed by atoms with E-state index in [0.717, 1.165) is 30.4 Å². The minimum atomic E-state index is -0.382. The Morgan fingerprint density at radius 2 is 2.11 bits per heavy atom. The van der Waals surface area contributed by atoms with Gasteiger partial charge in [-0.2, -0.15) is 0 Å². The normalized spacial score (nSPS) is 19.3. The smallest absolute Gasteiger partial charge is 0.321 e. The monoisotopic (exact) mass is 387 g/mol. The number of methoxy groups -OCH3 is 1. The lowest BCUT2D eigenvalue weighted by Gasteiger charge is -2.37. The fraction of sp³-hybridized carbons (Fsp3) is 0.455. The number of urea groups is 1. The van der Waals surface area contributed by atoms with Crippen molar-refractivity contribution in [3.05, 3.63) is 48.0 Å². The van der Waals surface area contributed by atoms with E-state index in [-0.39, 0.29) is 19.3 Å². The van der Waals surface area contributed by atoms with Gasteiger partial charge in [-0.1, -0.05) is 18.9 Å². The molecule has 6 heteroatoms. The van der Waals surface area contributed by atoms with Gasteiger partial charge in [0.05, 0.1) is 12.8 Å². The van der Waals surface area contributed by atoms with Crippen LogP contribution in [-0.2, 0) is 4.74 Å². The molecule has 0 bridgehead atoms. The number of hydrogen-bond acceptors (Lipinski definition) is 3. The zero-order chi connectivity index (χ0) is 20.1.